The molecule has 0 amide bonds. The van der Waals surface area contributed by atoms with Gasteiger partial charge in [-0.25, -0.2) is 9.97 Å². The van der Waals surface area contributed by atoms with E-state index >= 15 is 0 Å². The molecule has 0 saturated heterocycles. The van der Waals surface area contributed by atoms with Gasteiger partial charge in [0.05, 0.1) is 12.5 Å². The van der Waals surface area contributed by atoms with Crippen molar-refractivity contribution >= 4 is 11.9 Å². The minimum Gasteiger partial charge on any atom is -0.481 e. The van der Waals surface area contributed by atoms with Crippen LogP contribution in [-0.2, 0) is 11.2 Å². The first-order valence-electron chi connectivity index (χ1n) is 9.71. The number of tetrazole rings is 1. The van der Waals surface area contributed by atoms with E-state index in [4.69, 9.17) is 5.11 Å². The number of nitrogens with one attached hydrogen (secondary N) is 2. The van der Waals surface area contributed by atoms with Gasteiger partial charge in [-0.1, -0.05) is 43.3 Å². The largest absolute Gasteiger partial charge is 0.481 e. The maximum absolute atomic E-state index is 11.9. The molecule has 30 heavy (non-hydrogen) atoms. The van der Waals surface area contributed by atoms with Crippen LogP contribution >= 0.6 is 0 Å². The van der Waals surface area contributed by atoms with Crippen molar-refractivity contribution in [2.45, 2.75) is 26.2 Å². The molecule has 3 rings (SSSR count). The van der Waals surface area contributed by atoms with E-state index in [2.05, 4.69) is 35.9 Å². The first-order chi connectivity index (χ1) is 14.5. The minimum atomic E-state index is -0.872. The molecule has 10 nitrogen and oxygen atoms in total. The quantitative estimate of drug-likeness (QED) is 0.391. The fraction of sp³-hybridized carbons (Fsp3) is 0.400. The predicted octanol–water partition coefficient (Wildman–Crippen LogP) is 1.74. The topological polar surface area (TPSA) is 150 Å². The molecule has 158 valence electrons. The number of H-pyrrole nitrogens is 1. The first kappa shape index (κ1) is 21.3. The van der Waals surface area contributed by atoms with E-state index in [1.54, 1.807) is 12.4 Å². The van der Waals surface area contributed by atoms with E-state index in [0.29, 0.717) is 24.7 Å². The summed E-state index contributed by atoms with van der Waals surface area (Å²) in [5.74, 6) is -1.12. The van der Waals surface area contributed by atoms with Crippen LogP contribution in [0.3, 0.4) is 0 Å². The number of hydrogen-bond acceptors (Lipinski definition) is 8. The summed E-state index contributed by atoms with van der Waals surface area (Å²) in [6, 6.07) is 7.82. The van der Waals surface area contributed by atoms with Crippen molar-refractivity contribution in [1.29, 1.82) is 0 Å². The zero-order valence-electron chi connectivity index (χ0n) is 16.9. The summed E-state index contributed by atoms with van der Waals surface area (Å²) >= 11 is 0. The highest BCUT2D eigenvalue weighted by Crippen LogP contribution is 2.32. The monoisotopic (exact) mass is 411 g/mol. The van der Waals surface area contributed by atoms with Crippen LogP contribution in [0.1, 0.15) is 31.2 Å². The molecule has 0 fully saturated rings. The van der Waals surface area contributed by atoms with Crippen molar-refractivity contribution in [3.63, 3.8) is 0 Å². The lowest BCUT2D eigenvalue weighted by Gasteiger charge is -2.24. The SMILES string of the molecule is CC(C)C(C(=O)O)C(Cc1ccc(-c2cnc(NCCO)nc2)cc1)c1nn[nH]n1. The number of aromatic nitrogens is 6. The molecule has 0 bridgehead atoms. The number of aliphatic hydroxyl groups is 1. The number of carboxylic acids is 1. The lowest BCUT2D eigenvalue weighted by Crippen LogP contribution is -2.29. The second-order valence-electron chi connectivity index (χ2n) is 7.33. The van der Waals surface area contributed by atoms with Gasteiger partial charge in [0, 0.05) is 30.4 Å². The molecule has 2 atom stereocenters. The second kappa shape index (κ2) is 9.88. The Hall–Kier alpha value is -3.40. The fourth-order valence-electron chi connectivity index (χ4n) is 3.45. The van der Waals surface area contributed by atoms with Crippen LogP contribution < -0.4 is 5.32 Å². The number of aromatic amines is 1. The first-order valence-corrected chi connectivity index (χ1v) is 9.71. The van der Waals surface area contributed by atoms with E-state index in [-0.39, 0.29) is 12.5 Å². The number of nitrogens with zero attached hydrogens (tertiary/aromatic N) is 5. The smallest absolute Gasteiger partial charge is 0.307 e. The van der Waals surface area contributed by atoms with E-state index in [0.717, 1.165) is 16.7 Å². The van der Waals surface area contributed by atoms with E-state index in [9.17, 15) is 9.90 Å². The molecule has 0 aliphatic rings. The van der Waals surface area contributed by atoms with Crippen molar-refractivity contribution in [2.24, 2.45) is 11.8 Å². The Morgan fingerprint density at radius 2 is 1.83 bits per heavy atom. The van der Waals surface area contributed by atoms with Gasteiger partial charge in [0.25, 0.3) is 0 Å². The molecule has 0 radical (unpaired) electrons. The number of benzene rings is 1. The maximum atomic E-state index is 11.9. The van der Waals surface area contributed by atoms with Gasteiger partial charge in [0.15, 0.2) is 5.82 Å². The second-order valence-corrected chi connectivity index (χ2v) is 7.33. The number of hydrogen-bond donors (Lipinski definition) is 4. The normalized spacial score (nSPS) is 13.2. The Kier molecular flexibility index (Phi) is 7.02. The van der Waals surface area contributed by atoms with Crippen LogP contribution in [0.15, 0.2) is 36.7 Å². The highest BCUT2D eigenvalue weighted by atomic mass is 16.4. The van der Waals surface area contributed by atoms with Crippen molar-refractivity contribution in [3.05, 3.63) is 48.0 Å². The van der Waals surface area contributed by atoms with E-state index < -0.39 is 17.8 Å². The molecule has 4 N–H and O–H groups in total. The molecule has 0 spiro atoms. The van der Waals surface area contributed by atoms with Crippen LogP contribution in [-0.4, -0.2) is 59.9 Å². The summed E-state index contributed by atoms with van der Waals surface area (Å²) in [7, 11) is 0. The van der Waals surface area contributed by atoms with Gasteiger partial charge in [-0.3, -0.25) is 4.79 Å². The van der Waals surface area contributed by atoms with Crippen molar-refractivity contribution in [1.82, 2.24) is 30.6 Å². The molecular formula is C20H25N7O3. The van der Waals surface area contributed by atoms with Crippen LogP contribution in [0.4, 0.5) is 5.95 Å². The number of aliphatic carboxylic acids is 1. The Bertz CT molecular complexity index is 928. The fourth-order valence-corrected chi connectivity index (χ4v) is 3.45. The van der Waals surface area contributed by atoms with E-state index in [1.165, 1.54) is 0 Å². The summed E-state index contributed by atoms with van der Waals surface area (Å²) < 4.78 is 0. The van der Waals surface area contributed by atoms with Gasteiger partial charge in [0.2, 0.25) is 5.95 Å². The highest BCUT2D eigenvalue weighted by molar-refractivity contribution is 5.71. The Morgan fingerprint density at radius 3 is 2.37 bits per heavy atom. The van der Waals surface area contributed by atoms with E-state index in [1.807, 2.05) is 38.1 Å². The van der Waals surface area contributed by atoms with Crippen molar-refractivity contribution in [2.75, 3.05) is 18.5 Å². The van der Waals surface area contributed by atoms with Crippen LogP contribution in [0, 0.1) is 11.8 Å². The summed E-state index contributed by atoms with van der Waals surface area (Å²) in [4.78, 5) is 20.3. The zero-order valence-corrected chi connectivity index (χ0v) is 16.9. The third-order valence-electron chi connectivity index (χ3n) is 4.92. The number of carboxylic acid groups (broad SMARTS) is 1. The molecule has 3 aromatic rings. The molecule has 0 aliphatic carbocycles. The molecule has 10 heteroatoms. The van der Waals surface area contributed by atoms with Gasteiger partial charge in [-0.2, -0.15) is 5.21 Å². The third kappa shape index (κ3) is 5.15. The minimum absolute atomic E-state index is 0.0109. The Balaban J connectivity index is 1.78. The number of carbonyl (C=O) groups is 1. The zero-order chi connectivity index (χ0) is 21.5. The summed E-state index contributed by atoms with van der Waals surface area (Å²) in [6.07, 6.45) is 3.90. The lowest BCUT2D eigenvalue weighted by molar-refractivity contribution is -0.144. The third-order valence-corrected chi connectivity index (χ3v) is 4.92. The molecule has 0 saturated carbocycles. The average Bonchev–Trinajstić information content (AvgIpc) is 3.27. The van der Waals surface area contributed by atoms with Gasteiger partial charge in [0.1, 0.15) is 0 Å². The summed E-state index contributed by atoms with van der Waals surface area (Å²) in [5.41, 5.74) is 2.78. The summed E-state index contributed by atoms with van der Waals surface area (Å²) in [6.45, 7) is 4.17. The molecular weight excluding hydrogens is 386 g/mol. The molecule has 0 aliphatic heterocycles. The number of anilines is 1. The van der Waals surface area contributed by atoms with Crippen molar-refractivity contribution < 1.29 is 15.0 Å². The van der Waals surface area contributed by atoms with Crippen molar-refractivity contribution in [3.8, 4) is 11.1 Å². The van der Waals surface area contributed by atoms with Gasteiger partial charge in [-0.15, -0.1) is 10.2 Å². The van der Waals surface area contributed by atoms with Crippen LogP contribution in [0.2, 0.25) is 0 Å². The van der Waals surface area contributed by atoms with Gasteiger partial charge in [-0.05, 0) is 23.5 Å². The highest BCUT2D eigenvalue weighted by Gasteiger charge is 2.34. The number of aliphatic hydroxyl groups excluding tert-OH is 1. The Labute approximate surface area is 173 Å². The molecule has 2 heterocycles. The Morgan fingerprint density at radius 1 is 1.13 bits per heavy atom. The molecule has 2 unspecified atom stereocenters. The summed E-state index contributed by atoms with van der Waals surface area (Å²) in [5, 5.41) is 35.6. The van der Waals surface area contributed by atoms with Gasteiger partial charge < -0.3 is 15.5 Å². The van der Waals surface area contributed by atoms with Crippen LogP contribution in [0.5, 0.6) is 0 Å². The van der Waals surface area contributed by atoms with Gasteiger partial charge >= 0.3 is 5.97 Å². The van der Waals surface area contributed by atoms with Crippen LogP contribution in [0.25, 0.3) is 11.1 Å². The molecule has 2 aromatic heterocycles. The lowest BCUT2D eigenvalue weighted by atomic mass is 9.79. The predicted molar refractivity (Wildman–Crippen MR) is 110 cm³/mol. The molecule has 1 aromatic carbocycles. The average molecular weight is 411 g/mol. The maximum Gasteiger partial charge on any atom is 0.307 e. The number of rotatable bonds is 10. The standard InChI is InChI=1S/C20H25N7O3/c1-12(2)17(19(29)30)16(18-24-26-27-25-18)9-13-3-5-14(6-4-13)15-10-22-20(23-11-15)21-7-8-28/h3-6,10-12,16-17,28H,7-9H2,1-2H3,(H,29,30)(H,21,22,23)(H,24,25,26,27).